The van der Waals surface area contributed by atoms with Gasteiger partial charge in [-0.2, -0.15) is 0 Å². The van der Waals surface area contributed by atoms with Crippen molar-refractivity contribution in [3.63, 3.8) is 0 Å². The maximum absolute atomic E-state index is 12.7. The van der Waals surface area contributed by atoms with Crippen molar-refractivity contribution in [1.82, 2.24) is 5.32 Å². The molecule has 0 amide bonds. The molecule has 1 nitrogen and oxygen atoms in total. The van der Waals surface area contributed by atoms with Gasteiger partial charge in [0.25, 0.3) is 0 Å². The summed E-state index contributed by atoms with van der Waals surface area (Å²) in [7, 11) is 0. The molecule has 1 aliphatic rings. The van der Waals surface area contributed by atoms with Crippen molar-refractivity contribution in [2.45, 2.75) is 12.3 Å². The van der Waals surface area contributed by atoms with Crippen LogP contribution in [0.15, 0.2) is 28.7 Å². The molecule has 2 unspecified atom stereocenters. The molecule has 2 atom stereocenters. The van der Waals surface area contributed by atoms with E-state index in [0.29, 0.717) is 13.1 Å². The van der Waals surface area contributed by atoms with Crippen LogP contribution >= 0.6 is 15.9 Å². The molecule has 0 radical (unpaired) electrons. The molecule has 82 valence electrons. The highest BCUT2D eigenvalue weighted by molar-refractivity contribution is 9.10. The summed E-state index contributed by atoms with van der Waals surface area (Å²) in [4.78, 5) is 0. The van der Waals surface area contributed by atoms with Gasteiger partial charge in [0.2, 0.25) is 6.43 Å². The molecule has 1 saturated heterocycles. The monoisotopic (exact) mass is 275 g/mol. The molecule has 1 aliphatic heterocycles. The topological polar surface area (TPSA) is 12.0 Å². The average Bonchev–Trinajstić information content (AvgIpc) is 2.67. The second-order valence-corrected chi connectivity index (χ2v) is 4.73. The quantitative estimate of drug-likeness (QED) is 0.875. The van der Waals surface area contributed by atoms with E-state index in [1.54, 1.807) is 0 Å². The molecule has 1 fully saturated rings. The van der Waals surface area contributed by atoms with Gasteiger partial charge in [-0.15, -0.1) is 0 Å². The molecule has 0 bridgehead atoms. The van der Waals surface area contributed by atoms with Crippen molar-refractivity contribution < 1.29 is 8.78 Å². The Balaban J connectivity index is 2.19. The van der Waals surface area contributed by atoms with Crippen LogP contribution < -0.4 is 5.32 Å². The first kappa shape index (κ1) is 11.0. The predicted octanol–water partition coefficient (Wildman–Crippen LogP) is 3.02. The van der Waals surface area contributed by atoms with Gasteiger partial charge in [0.15, 0.2) is 0 Å². The van der Waals surface area contributed by atoms with Crippen molar-refractivity contribution in [3.8, 4) is 0 Å². The highest BCUT2D eigenvalue weighted by Gasteiger charge is 2.34. The summed E-state index contributed by atoms with van der Waals surface area (Å²) in [6.45, 7) is 1.06. The molecule has 15 heavy (non-hydrogen) atoms. The maximum atomic E-state index is 12.7. The Labute approximate surface area is 96.0 Å². The third kappa shape index (κ3) is 2.37. The van der Waals surface area contributed by atoms with Crippen LogP contribution in [0.25, 0.3) is 0 Å². The lowest BCUT2D eigenvalue weighted by Gasteiger charge is -2.17. The van der Waals surface area contributed by atoms with E-state index < -0.39 is 12.3 Å². The smallest absolute Gasteiger partial charge is 0.243 e. The van der Waals surface area contributed by atoms with Crippen LogP contribution in [-0.2, 0) is 0 Å². The molecule has 0 spiro atoms. The minimum atomic E-state index is -2.24. The Hall–Kier alpha value is -0.480. The molecule has 4 heteroatoms. The maximum Gasteiger partial charge on any atom is 0.243 e. The normalized spacial score (nSPS) is 26.1. The van der Waals surface area contributed by atoms with Gasteiger partial charge < -0.3 is 5.32 Å². The lowest BCUT2D eigenvalue weighted by molar-refractivity contribution is 0.0788. The molecular formula is C11H12BrF2N. The number of nitrogens with one attached hydrogen (secondary N) is 1. The van der Waals surface area contributed by atoms with E-state index >= 15 is 0 Å². The zero-order valence-corrected chi connectivity index (χ0v) is 9.68. The van der Waals surface area contributed by atoms with Gasteiger partial charge in [-0.1, -0.05) is 28.1 Å². The lowest BCUT2D eigenvalue weighted by Crippen LogP contribution is -2.19. The Morgan fingerprint density at radius 1 is 1.20 bits per heavy atom. The SMILES string of the molecule is FC(F)C1CNCC1c1ccc(Br)cc1. The second kappa shape index (κ2) is 4.58. The summed E-state index contributed by atoms with van der Waals surface area (Å²) in [6, 6.07) is 7.63. The third-order valence-corrected chi connectivity index (χ3v) is 3.41. The van der Waals surface area contributed by atoms with Crippen LogP contribution in [0.2, 0.25) is 0 Å². The van der Waals surface area contributed by atoms with Gasteiger partial charge >= 0.3 is 0 Å². The van der Waals surface area contributed by atoms with Crippen molar-refractivity contribution in [1.29, 1.82) is 0 Å². The third-order valence-electron chi connectivity index (χ3n) is 2.88. The van der Waals surface area contributed by atoms with E-state index in [2.05, 4.69) is 21.2 Å². The lowest BCUT2D eigenvalue weighted by atomic mass is 9.89. The summed E-state index contributed by atoms with van der Waals surface area (Å²) in [5.74, 6) is -0.607. The Kier molecular flexibility index (Phi) is 3.36. The summed E-state index contributed by atoms with van der Waals surface area (Å²) >= 11 is 3.33. The van der Waals surface area contributed by atoms with E-state index in [9.17, 15) is 8.78 Å². The standard InChI is InChI=1S/C11H12BrF2N/c12-8-3-1-7(2-4-8)9-5-15-6-10(9)11(13)14/h1-4,9-11,15H,5-6H2. The first-order valence-corrected chi connectivity index (χ1v) is 5.72. The van der Waals surface area contributed by atoms with Gasteiger partial charge in [-0.25, -0.2) is 8.78 Å². The fourth-order valence-corrected chi connectivity index (χ4v) is 2.30. The average molecular weight is 276 g/mol. The van der Waals surface area contributed by atoms with Crippen molar-refractivity contribution in [2.24, 2.45) is 5.92 Å². The highest BCUT2D eigenvalue weighted by Crippen LogP contribution is 2.32. The molecule has 1 N–H and O–H groups in total. The Bertz CT molecular complexity index is 326. The molecule has 0 aliphatic carbocycles. The minimum Gasteiger partial charge on any atom is -0.316 e. The Morgan fingerprint density at radius 2 is 1.87 bits per heavy atom. The minimum absolute atomic E-state index is 0.0573. The van der Waals surface area contributed by atoms with Crippen LogP contribution in [0.5, 0.6) is 0 Å². The summed E-state index contributed by atoms with van der Waals surface area (Å²) in [5, 5.41) is 3.03. The van der Waals surface area contributed by atoms with Crippen molar-refractivity contribution in [2.75, 3.05) is 13.1 Å². The van der Waals surface area contributed by atoms with Gasteiger partial charge in [0.05, 0.1) is 0 Å². The number of hydrogen-bond acceptors (Lipinski definition) is 1. The molecule has 1 heterocycles. The number of rotatable bonds is 2. The van der Waals surface area contributed by atoms with Crippen LogP contribution in [0.4, 0.5) is 8.78 Å². The Morgan fingerprint density at radius 3 is 2.47 bits per heavy atom. The van der Waals surface area contributed by atoms with Gasteiger partial charge in [-0.3, -0.25) is 0 Å². The van der Waals surface area contributed by atoms with E-state index in [1.807, 2.05) is 24.3 Å². The number of alkyl halides is 2. The second-order valence-electron chi connectivity index (χ2n) is 3.81. The fraction of sp³-hybridized carbons (Fsp3) is 0.455. The summed E-state index contributed by atoms with van der Waals surface area (Å²) < 4.78 is 26.4. The first-order valence-electron chi connectivity index (χ1n) is 4.93. The van der Waals surface area contributed by atoms with Crippen LogP contribution in [0, 0.1) is 5.92 Å². The van der Waals surface area contributed by atoms with Crippen LogP contribution in [-0.4, -0.2) is 19.5 Å². The fourth-order valence-electron chi connectivity index (χ4n) is 2.04. The van der Waals surface area contributed by atoms with Crippen molar-refractivity contribution in [3.05, 3.63) is 34.3 Å². The van der Waals surface area contributed by atoms with Crippen LogP contribution in [0.3, 0.4) is 0 Å². The van der Waals surface area contributed by atoms with Gasteiger partial charge in [-0.05, 0) is 17.7 Å². The molecule has 1 aromatic carbocycles. The van der Waals surface area contributed by atoms with Gasteiger partial charge in [0, 0.05) is 29.4 Å². The first-order chi connectivity index (χ1) is 7.18. The van der Waals surface area contributed by atoms with Crippen LogP contribution in [0.1, 0.15) is 11.5 Å². The van der Waals surface area contributed by atoms with E-state index in [0.717, 1.165) is 10.0 Å². The number of halogens is 3. The highest BCUT2D eigenvalue weighted by atomic mass is 79.9. The summed E-state index contributed by atoms with van der Waals surface area (Å²) in [6.07, 6.45) is -2.24. The largest absolute Gasteiger partial charge is 0.316 e. The zero-order valence-electron chi connectivity index (χ0n) is 8.09. The van der Waals surface area contributed by atoms with Crippen molar-refractivity contribution >= 4 is 15.9 Å². The van der Waals surface area contributed by atoms with Gasteiger partial charge in [0.1, 0.15) is 0 Å². The number of benzene rings is 1. The summed E-state index contributed by atoms with van der Waals surface area (Å²) in [5.41, 5.74) is 0.994. The molecule has 0 aromatic heterocycles. The molecular weight excluding hydrogens is 264 g/mol. The molecule has 2 rings (SSSR count). The number of hydrogen-bond donors (Lipinski definition) is 1. The van der Waals surface area contributed by atoms with E-state index in [4.69, 9.17) is 0 Å². The predicted molar refractivity (Wildman–Crippen MR) is 59.2 cm³/mol. The molecule has 0 saturated carbocycles. The zero-order chi connectivity index (χ0) is 10.8. The van der Waals surface area contributed by atoms with E-state index in [1.165, 1.54) is 0 Å². The van der Waals surface area contributed by atoms with E-state index in [-0.39, 0.29) is 5.92 Å². The molecule has 1 aromatic rings.